The standard InChI is InChI=1S/C10H16O/c1-9(2)5-4-6-10(3)7-8-11/h4-5,7,11H,1,6,8H2,2-3H3. The van der Waals surface area contributed by atoms with Crippen LogP contribution >= 0.6 is 0 Å². The van der Waals surface area contributed by atoms with Gasteiger partial charge in [0.2, 0.25) is 0 Å². The Morgan fingerprint density at radius 2 is 2.09 bits per heavy atom. The van der Waals surface area contributed by atoms with Crippen LogP contribution in [0.5, 0.6) is 0 Å². The van der Waals surface area contributed by atoms with Gasteiger partial charge in [0.15, 0.2) is 0 Å². The first-order chi connectivity index (χ1) is 5.16. The maximum Gasteiger partial charge on any atom is 0.0615 e. The van der Waals surface area contributed by atoms with Crippen molar-refractivity contribution in [1.82, 2.24) is 0 Å². The summed E-state index contributed by atoms with van der Waals surface area (Å²) in [5, 5.41) is 8.53. The second-order valence-electron chi connectivity index (χ2n) is 2.69. The molecule has 11 heavy (non-hydrogen) atoms. The molecule has 0 aromatic carbocycles. The molecule has 0 radical (unpaired) electrons. The highest BCUT2D eigenvalue weighted by molar-refractivity contribution is 5.14. The first-order valence-corrected chi connectivity index (χ1v) is 3.75. The summed E-state index contributed by atoms with van der Waals surface area (Å²) < 4.78 is 0. The summed E-state index contributed by atoms with van der Waals surface area (Å²) in [6.07, 6.45) is 6.73. The molecule has 1 N–H and O–H groups in total. The van der Waals surface area contributed by atoms with Crippen molar-refractivity contribution in [2.24, 2.45) is 0 Å². The third-order valence-electron chi connectivity index (χ3n) is 1.28. The van der Waals surface area contributed by atoms with E-state index in [1.807, 2.05) is 32.1 Å². The molecule has 0 saturated heterocycles. The van der Waals surface area contributed by atoms with E-state index >= 15 is 0 Å². The molecule has 0 heterocycles. The normalized spacial score (nSPS) is 12.5. The maximum atomic E-state index is 8.53. The van der Waals surface area contributed by atoms with Crippen LogP contribution in [0.3, 0.4) is 0 Å². The molecule has 1 nitrogen and oxygen atoms in total. The average Bonchev–Trinajstić information content (AvgIpc) is 1.87. The molecule has 0 aliphatic heterocycles. The van der Waals surface area contributed by atoms with Gasteiger partial charge in [0.05, 0.1) is 6.61 Å². The molecule has 0 saturated carbocycles. The van der Waals surface area contributed by atoms with Crippen molar-refractivity contribution in [1.29, 1.82) is 0 Å². The van der Waals surface area contributed by atoms with E-state index in [1.165, 1.54) is 5.57 Å². The van der Waals surface area contributed by atoms with Crippen molar-refractivity contribution in [3.63, 3.8) is 0 Å². The Kier molecular flexibility index (Phi) is 5.49. The lowest BCUT2D eigenvalue weighted by Crippen LogP contribution is -1.78. The minimum atomic E-state index is 0.132. The van der Waals surface area contributed by atoms with Crippen LogP contribution in [0.15, 0.2) is 36.0 Å². The molecule has 0 unspecified atom stereocenters. The fourth-order valence-corrected chi connectivity index (χ4v) is 0.685. The van der Waals surface area contributed by atoms with E-state index in [9.17, 15) is 0 Å². The summed E-state index contributed by atoms with van der Waals surface area (Å²) >= 11 is 0. The molecule has 0 rings (SSSR count). The van der Waals surface area contributed by atoms with Gasteiger partial charge in [0.1, 0.15) is 0 Å². The zero-order chi connectivity index (χ0) is 8.69. The van der Waals surface area contributed by atoms with Crippen LogP contribution in [0.2, 0.25) is 0 Å². The van der Waals surface area contributed by atoms with Gasteiger partial charge in [-0.25, -0.2) is 0 Å². The van der Waals surface area contributed by atoms with Gasteiger partial charge < -0.3 is 5.11 Å². The van der Waals surface area contributed by atoms with Gasteiger partial charge in [0, 0.05) is 0 Å². The summed E-state index contributed by atoms with van der Waals surface area (Å²) in [6.45, 7) is 7.83. The summed E-state index contributed by atoms with van der Waals surface area (Å²) in [7, 11) is 0. The first kappa shape index (κ1) is 10.2. The minimum Gasteiger partial charge on any atom is -0.392 e. The molecule has 0 fully saturated rings. The highest BCUT2D eigenvalue weighted by Crippen LogP contribution is 2.01. The Morgan fingerprint density at radius 3 is 2.55 bits per heavy atom. The molecule has 0 aliphatic rings. The van der Waals surface area contributed by atoms with Crippen molar-refractivity contribution in [2.45, 2.75) is 20.3 Å². The molecule has 62 valence electrons. The molecule has 0 aliphatic carbocycles. The molecule has 0 amide bonds. The second-order valence-corrected chi connectivity index (χ2v) is 2.69. The van der Waals surface area contributed by atoms with E-state index in [0.717, 1.165) is 12.0 Å². The fourth-order valence-electron chi connectivity index (χ4n) is 0.685. The van der Waals surface area contributed by atoms with Crippen LogP contribution in [0.1, 0.15) is 20.3 Å². The van der Waals surface area contributed by atoms with Crippen molar-refractivity contribution >= 4 is 0 Å². The van der Waals surface area contributed by atoms with Crippen molar-refractivity contribution in [2.75, 3.05) is 6.61 Å². The largest absolute Gasteiger partial charge is 0.392 e. The van der Waals surface area contributed by atoms with E-state index in [-0.39, 0.29) is 6.61 Å². The van der Waals surface area contributed by atoms with Gasteiger partial charge >= 0.3 is 0 Å². The lowest BCUT2D eigenvalue weighted by atomic mass is 10.2. The molecule has 0 aromatic rings. The highest BCUT2D eigenvalue weighted by atomic mass is 16.2. The summed E-state index contributed by atoms with van der Waals surface area (Å²) in [6, 6.07) is 0. The lowest BCUT2D eigenvalue weighted by Gasteiger charge is -1.92. The van der Waals surface area contributed by atoms with Crippen molar-refractivity contribution < 1.29 is 5.11 Å². The van der Waals surface area contributed by atoms with E-state index < -0.39 is 0 Å². The number of allylic oxidation sites excluding steroid dienone is 4. The predicted octanol–water partition coefficient (Wildman–Crippen LogP) is 2.45. The van der Waals surface area contributed by atoms with E-state index in [1.54, 1.807) is 0 Å². The third kappa shape index (κ3) is 7.07. The van der Waals surface area contributed by atoms with Crippen LogP contribution in [0.4, 0.5) is 0 Å². The Balaban J connectivity index is 3.70. The van der Waals surface area contributed by atoms with Crippen LogP contribution in [-0.4, -0.2) is 11.7 Å². The Bertz CT molecular complexity index is 175. The topological polar surface area (TPSA) is 20.2 Å². The molecule has 0 aromatic heterocycles. The average molecular weight is 152 g/mol. The molecule has 0 spiro atoms. The van der Waals surface area contributed by atoms with Gasteiger partial charge in [-0.1, -0.05) is 36.0 Å². The quantitative estimate of drug-likeness (QED) is 0.484. The van der Waals surface area contributed by atoms with Crippen LogP contribution in [0, 0.1) is 0 Å². The first-order valence-electron chi connectivity index (χ1n) is 3.75. The molecular formula is C10H16O. The van der Waals surface area contributed by atoms with Crippen molar-refractivity contribution in [3.05, 3.63) is 36.0 Å². The van der Waals surface area contributed by atoms with Gasteiger partial charge in [0.25, 0.3) is 0 Å². The molecular weight excluding hydrogens is 136 g/mol. The van der Waals surface area contributed by atoms with Crippen LogP contribution in [-0.2, 0) is 0 Å². The Hall–Kier alpha value is -0.820. The smallest absolute Gasteiger partial charge is 0.0615 e. The van der Waals surface area contributed by atoms with E-state index in [0.29, 0.717) is 0 Å². The lowest BCUT2D eigenvalue weighted by molar-refractivity contribution is 0.341. The van der Waals surface area contributed by atoms with E-state index in [4.69, 9.17) is 5.11 Å². The SMILES string of the molecule is C=C(C)C=CCC(C)=CCO. The number of hydrogen-bond acceptors (Lipinski definition) is 1. The van der Waals surface area contributed by atoms with Crippen LogP contribution in [0.25, 0.3) is 0 Å². The number of aliphatic hydroxyl groups is 1. The Morgan fingerprint density at radius 1 is 1.45 bits per heavy atom. The molecule has 1 heteroatoms. The zero-order valence-corrected chi connectivity index (χ0v) is 7.30. The maximum absolute atomic E-state index is 8.53. The van der Waals surface area contributed by atoms with Crippen LogP contribution < -0.4 is 0 Å². The Labute approximate surface area is 68.7 Å². The number of aliphatic hydroxyl groups excluding tert-OH is 1. The zero-order valence-electron chi connectivity index (χ0n) is 7.30. The van der Waals surface area contributed by atoms with E-state index in [2.05, 4.69) is 6.58 Å². The highest BCUT2D eigenvalue weighted by Gasteiger charge is 1.82. The number of rotatable bonds is 4. The van der Waals surface area contributed by atoms with Gasteiger partial charge in [-0.2, -0.15) is 0 Å². The van der Waals surface area contributed by atoms with Gasteiger partial charge in [-0.05, 0) is 20.3 Å². The summed E-state index contributed by atoms with van der Waals surface area (Å²) in [5.74, 6) is 0. The molecule has 0 atom stereocenters. The summed E-state index contributed by atoms with van der Waals surface area (Å²) in [4.78, 5) is 0. The number of hydrogen-bond donors (Lipinski definition) is 1. The fraction of sp³-hybridized carbons (Fsp3) is 0.400. The summed E-state index contributed by atoms with van der Waals surface area (Å²) in [5.41, 5.74) is 2.24. The third-order valence-corrected chi connectivity index (χ3v) is 1.28. The van der Waals surface area contributed by atoms with Gasteiger partial charge in [-0.15, -0.1) is 0 Å². The monoisotopic (exact) mass is 152 g/mol. The van der Waals surface area contributed by atoms with Crippen molar-refractivity contribution in [3.8, 4) is 0 Å². The minimum absolute atomic E-state index is 0.132. The van der Waals surface area contributed by atoms with Gasteiger partial charge in [-0.3, -0.25) is 0 Å². The molecule has 0 bridgehead atoms. The predicted molar refractivity (Wildman–Crippen MR) is 49.4 cm³/mol. The second kappa shape index (κ2) is 5.93.